The Kier molecular flexibility index (Phi) is 5.14. The zero-order valence-electron chi connectivity index (χ0n) is 14.1. The Balaban J connectivity index is 2.31. The van der Waals surface area contributed by atoms with Crippen LogP contribution in [-0.4, -0.2) is 50.3 Å². The van der Waals surface area contributed by atoms with Crippen LogP contribution in [0.1, 0.15) is 41.5 Å². The number of fused-ring (bicyclic) bond motifs is 1. The van der Waals surface area contributed by atoms with E-state index in [1.807, 2.05) is 0 Å². The summed E-state index contributed by atoms with van der Waals surface area (Å²) in [6.07, 6.45) is 0. The van der Waals surface area contributed by atoms with E-state index in [1.54, 1.807) is 20.8 Å². The van der Waals surface area contributed by atoms with Gasteiger partial charge in [-0.05, 0) is 32.9 Å². The summed E-state index contributed by atoms with van der Waals surface area (Å²) in [5.74, 6) is -2.11. The van der Waals surface area contributed by atoms with E-state index in [2.05, 4.69) is 4.28 Å². The largest absolute Gasteiger partial charge is 0.459 e. The Labute approximate surface area is 146 Å². The molecular weight excluding hydrogens is 352 g/mol. The number of hydrogen-bond acceptors (Lipinski definition) is 8. The van der Waals surface area contributed by atoms with Crippen LogP contribution in [0.2, 0.25) is 0 Å². The summed E-state index contributed by atoms with van der Waals surface area (Å²) >= 11 is 0. The number of hydroxylamine groups is 1. The highest BCUT2D eigenvalue weighted by Gasteiger charge is 2.40. The second kappa shape index (κ2) is 6.81. The molecule has 0 spiro atoms. The summed E-state index contributed by atoms with van der Waals surface area (Å²) in [7, 11) is -1.91. The van der Waals surface area contributed by atoms with E-state index in [-0.39, 0.29) is 16.8 Å². The van der Waals surface area contributed by atoms with Gasteiger partial charge in [-0.1, -0.05) is 6.07 Å². The average Bonchev–Trinajstić information content (AvgIpc) is 2.70. The van der Waals surface area contributed by atoms with Crippen LogP contribution in [0.25, 0.3) is 0 Å². The summed E-state index contributed by atoms with van der Waals surface area (Å²) in [5.41, 5.74) is -0.631. The predicted molar refractivity (Wildman–Crippen MR) is 87.5 cm³/mol. The molecular formula is C15H18N2O7S. The number of amides is 2. The highest BCUT2D eigenvalue weighted by atomic mass is 32.2. The molecule has 0 saturated heterocycles. The molecule has 1 heterocycles. The Morgan fingerprint density at radius 1 is 1.20 bits per heavy atom. The highest BCUT2D eigenvalue weighted by Crippen LogP contribution is 2.31. The van der Waals surface area contributed by atoms with Crippen molar-refractivity contribution in [3.05, 3.63) is 29.3 Å². The van der Waals surface area contributed by atoms with Crippen LogP contribution in [0.5, 0.6) is 0 Å². The van der Waals surface area contributed by atoms with Crippen LogP contribution in [0, 0.1) is 0 Å². The van der Waals surface area contributed by atoms with E-state index in [4.69, 9.17) is 4.74 Å². The minimum Gasteiger partial charge on any atom is -0.459 e. The van der Waals surface area contributed by atoms with Gasteiger partial charge in [-0.15, -0.1) is 0 Å². The first-order chi connectivity index (χ1) is 11.5. The molecule has 0 saturated carbocycles. The lowest BCUT2D eigenvalue weighted by Gasteiger charge is -2.21. The van der Waals surface area contributed by atoms with Gasteiger partial charge in [0.05, 0.1) is 16.8 Å². The first-order valence-electron chi connectivity index (χ1n) is 7.28. The number of esters is 1. The molecule has 0 unspecified atom stereocenters. The summed E-state index contributed by atoms with van der Waals surface area (Å²) in [6, 6.07) is 4.33. The normalized spacial score (nSPS) is 14.0. The third kappa shape index (κ3) is 4.15. The van der Waals surface area contributed by atoms with Crippen LogP contribution in [0.3, 0.4) is 0 Å². The number of thiol groups is 1. The molecule has 0 atom stereocenters. The Morgan fingerprint density at radius 3 is 2.40 bits per heavy atom. The summed E-state index contributed by atoms with van der Waals surface area (Å²) in [4.78, 5) is 37.7. The molecule has 2 amide bonds. The van der Waals surface area contributed by atoms with Crippen LogP contribution >= 0.6 is 0 Å². The van der Waals surface area contributed by atoms with Gasteiger partial charge < -0.3 is 4.74 Å². The number of carbonyl (C=O) groups is 3. The number of ether oxygens (including phenoxy) is 1. The molecule has 0 aliphatic carbocycles. The topological polar surface area (TPSA) is 110 Å². The highest BCUT2D eigenvalue weighted by molar-refractivity contribution is 7.67. The third-order valence-electron chi connectivity index (χ3n) is 3.21. The van der Waals surface area contributed by atoms with Crippen LogP contribution < -0.4 is 5.06 Å². The summed E-state index contributed by atoms with van der Waals surface area (Å²) in [5, 5.41) is 0.868. The van der Waals surface area contributed by atoms with Crippen molar-refractivity contribution in [1.82, 2.24) is 4.90 Å². The fourth-order valence-corrected chi connectivity index (χ4v) is 2.66. The van der Waals surface area contributed by atoms with Gasteiger partial charge in [0.25, 0.3) is 22.8 Å². The molecule has 2 rings (SSSR count). The van der Waals surface area contributed by atoms with E-state index < -0.39 is 40.9 Å². The van der Waals surface area contributed by atoms with Gasteiger partial charge in [0, 0.05) is 7.05 Å². The standard InChI is InChI=1S/C15H18N2O7S/c1-15(2,3)23-11(18)8-17-13(19)9-6-5-7-10(12(9)14(17)20)16(4)24-25(21)22/h5-7,25H,8H2,1-4H3. The van der Waals surface area contributed by atoms with Crippen molar-refractivity contribution in [3.8, 4) is 0 Å². The maximum absolute atomic E-state index is 12.6. The maximum Gasteiger partial charge on any atom is 0.326 e. The SMILES string of the molecule is CN(O[SH](=O)=O)c1cccc2c1C(=O)N(CC(=O)OC(C)(C)C)C2=O. The Bertz CT molecular complexity index is 803. The second-order valence-electron chi connectivity index (χ2n) is 6.29. The van der Waals surface area contributed by atoms with Crippen LogP contribution in [0.15, 0.2) is 18.2 Å². The maximum atomic E-state index is 12.6. The molecule has 0 radical (unpaired) electrons. The van der Waals surface area contributed by atoms with E-state index >= 15 is 0 Å². The van der Waals surface area contributed by atoms with Gasteiger partial charge in [0.2, 0.25) is 0 Å². The molecule has 0 bridgehead atoms. The molecule has 1 aromatic rings. The van der Waals surface area contributed by atoms with Gasteiger partial charge in [-0.2, -0.15) is 4.28 Å². The Hall–Kier alpha value is -2.46. The molecule has 136 valence electrons. The molecule has 10 heteroatoms. The molecule has 25 heavy (non-hydrogen) atoms. The van der Waals surface area contributed by atoms with Crippen molar-refractivity contribution in [2.24, 2.45) is 0 Å². The van der Waals surface area contributed by atoms with Gasteiger partial charge >= 0.3 is 5.97 Å². The first-order valence-corrected chi connectivity index (χ1v) is 8.38. The predicted octanol–water partition coefficient (Wildman–Crippen LogP) is 0.519. The number of benzene rings is 1. The van der Waals surface area contributed by atoms with Crippen LogP contribution in [0.4, 0.5) is 5.69 Å². The van der Waals surface area contributed by atoms with Gasteiger partial charge in [0.1, 0.15) is 12.1 Å². The lowest BCUT2D eigenvalue weighted by atomic mass is 10.1. The lowest BCUT2D eigenvalue weighted by molar-refractivity contribution is -0.155. The average molecular weight is 370 g/mol. The molecule has 1 aliphatic rings. The molecule has 0 aromatic heterocycles. The minimum absolute atomic E-state index is 0.0320. The number of anilines is 1. The number of carbonyl (C=O) groups excluding carboxylic acids is 3. The number of imide groups is 1. The molecule has 0 fully saturated rings. The molecule has 1 aliphatic heterocycles. The fraction of sp³-hybridized carbons (Fsp3) is 0.400. The van der Waals surface area contributed by atoms with E-state index in [0.29, 0.717) is 0 Å². The van der Waals surface area contributed by atoms with Gasteiger partial charge in [-0.3, -0.25) is 19.3 Å². The zero-order valence-corrected chi connectivity index (χ0v) is 15.0. The van der Waals surface area contributed by atoms with Crippen molar-refractivity contribution in [2.75, 3.05) is 18.7 Å². The number of rotatable bonds is 5. The van der Waals surface area contributed by atoms with E-state index in [0.717, 1.165) is 9.96 Å². The third-order valence-corrected chi connectivity index (χ3v) is 3.59. The minimum atomic E-state index is -3.19. The quantitative estimate of drug-likeness (QED) is 0.346. The zero-order chi connectivity index (χ0) is 18.9. The van der Waals surface area contributed by atoms with Crippen molar-refractivity contribution in [3.63, 3.8) is 0 Å². The Morgan fingerprint density at radius 2 is 1.84 bits per heavy atom. The van der Waals surface area contributed by atoms with Crippen molar-refractivity contribution >= 4 is 34.5 Å². The van der Waals surface area contributed by atoms with E-state index in [1.165, 1.54) is 25.2 Å². The summed E-state index contributed by atoms with van der Waals surface area (Å²) < 4.78 is 31.1. The first kappa shape index (κ1) is 18.9. The van der Waals surface area contributed by atoms with Crippen molar-refractivity contribution in [1.29, 1.82) is 0 Å². The van der Waals surface area contributed by atoms with Gasteiger partial charge in [-0.25, -0.2) is 13.5 Å². The van der Waals surface area contributed by atoms with E-state index in [9.17, 15) is 22.8 Å². The second-order valence-corrected chi connectivity index (χ2v) is 6.90. The van der Waals surface area contributed by atoms with Crippen molar-refractivity contribution < 1.29 is 31.8 Å². The monoisotopic (exact) mass is 370 g/mol. The van der Waals surface area contributed by atoms with Gasteiger partial charge in [0.15, 0.2) is 0 Å². The molecule has 9 nitrogen and oxygen atoms in total. The number of nitrogens with zero attached hydrogens (tertiary/aromatic N) is 2. The smallest absolute Gasteiger partial charge is 0.326 e. The van der Waals surface area contributed by atoms with Crippen LogP contribution in [-0.2, 0) is 24.8 Å². The fourth-order valence-electron chi connectivity index (χ4n) is 2.37. The summed E-state index contributed by atoms with van der Waals surface area (Å²) in [6.45, 7) is 4.47. The lowest BCUT2D eigenvalue weighted by Crippen LogP contribution is -2.38. The number of hydrogen-bond donors (Lipinski definition) is 1. The molecule has 1 aromatic carbocycles. The molecule has 0 N–H and O–H groups in total. The van der Waals surface area contributed by atoms with Crippen molar-refractivity contribution in [2.45, 2.75) is 26.4 Å².